The molecule has 0 aliphatic heterocycles. The number of amides is 1. The first-order valence-electron chi connectivity index (χ1n) is 8.74. The van der Waals surface area contributed by atoms with E-state index in [4.69, 9.17) is 4.74 Å². The second kappa shape index (κ2) is 10.1. The SMILES string of the molecule is CN(CCCNC(=O)c1ccccc1OCc1ccc(F)cc1)CC(F)(F)F. The van der Waals surface area contributed by atoms with Gasteiger partial charge in [0, 0.05) is 6.54 Å². The Morgan fingerprint density at radius 2 is 1.79 bits per heavy atom. The number of alkyl halides is 3. The first kappa shape index (κ1) is 21.7. The Labute approximate surface area is 161 Å². The van der Waals surface area contributed by atoms with Crippen LogP contribution in [-0.2, 0) is 6.61 Å². The van der Waals surface area contributed by atoms with Gasteiger partial charge in [0.05, 0.1) is 12.1 Å². The summed E-state index contributed by atoms with van der Waals surface area (Å²) in [7, 11) is 1.38. The van der Waals surface area contributed by atoms with Crippen LogP contribution >= 0.6 is 0 Å². The summed E-state index contributed by atoms with van der Waals surface area (Å²) in [6.45, 7) is -0.357. The average molecular weight is 398 g/mol. The van der Waals surface area contributed by atoms with Crippen molar-refractivity contribution in [2.45, 2.75) is 19.2 Å². The van der Waals surface area contributed by atoms with Crippen molar-refractivity contribution in [2.75, 3.05) is 26.7 Å². The molecule has 1 N–H and O–H groups in total. The van der Waals surface area contributed by atoms with E-state index in [-0.39, 0.29) is 31.4 Å². The molecule has 0 fully saturated rings. The molecule has 0 radical (unpaired) electrons. The molecule has 0 unspecified atom stereocenters. The fourth-order valence-electron chi connectivity index (χ4n) is 2.55. The van der Waals surface area contributed by atoms with Crippen LogP contribution in [-0.4, -0.2) is 43.7 Å². The highest BCUT2D eigenvalue weighted by molar-refractivity contribution is 5.96. The quantitative estimate of drug-likeness (QED) is 0.513. The first-order valence-corrected chi connectivity index (χ1v) is 8.74. The molecular formula is C20H22F4N2O2. The van der Waals surface area contributed by atoms with Crippen molar-refractivity contribution in [1.82, 2.24) is 10.2 Å². The molecule has 8 heteroatoms. The molecule has 2 aromatic carbocycles. The van der Waals surface area contributed by atoms with Gasteiger partial charge in [0.15, 0.2) is 0 Å². The Kier molecular flexibility index (Phi) is 7.80. The van der Waals surface area contributed by atoms with Crippen LogP contribution in [0.3, 0.4) is 0 Å². The van der Waals surface area contributed by atoms with E-state index in [1.54, 1.807) is 36.4 Å². The van der Waals surface area contributed by atoms with Crippen LogP contribution in [0.2, 0.25) is 0 Å². The summed E-state index contributed by atoms with van der Waals surface area (Å²) < 4.78 is 55.5. The number of hydrogen-bond acceptors (Lipinski definition) is 3. The Balaban J connectivity index is 1.83. The molecule has 0 aromatic heterocycles. The number of carbonyl (C=O) groups excluding carboxylic acids is 1. The molecular weight excluding hydrogens is 376 g/mol. The van der Waals surface area contributed by atoms with E-state index in [9.17, 15) is 22.4 Å². The lowest BCUT2D eigenvalue weighted by Crippen LogP contribution is -2.33. The minimum absolute atomic E-state index is 0.173. The maximum atomic E-state index is 12.9. The van der Waals surface area contributed by atoms with Crippen LogP contribution < -0.4 is 10.1 Å². The van der Waals surface area contributed by atoms with Gasteiger partial charge >= 0.3 is 6.18 Å². The van der Waals surface area contributed by atoms with Crippen molar-refractivity contribution in [3.05, 3.63) is 65.5 Å². The number of nitrogens with one attached hydrogen (secondary N) is 1. The van der Waals surface area contributed by atoms with E-state index in [1.807, 2.05) is 0 Å². The highest BCUT2D eigenvalue weighted by atomic mass is 19.4. The molecule has 28 heavy (non-hydrogen) atoms. The number of ether oxygens (including phenoxy) is 1. The standard InChI is InChI=1S/C20H22F4N2O2/c1-26(14-20(22,23)24)12-4-11-25-19(27)17-5-2-3-6-18(17)28-13-15-7-9-16(21)10-8-15/h2-3,5-10H,4,11-14H2,1H3,(H,25,27). The third-order valence-electron chi connectivity index (χ3n) is 3.89. The number of para-hydroxylation sites is 1. The van der Waals surface area contributed by atoms with Gasteiger partial charge in [-0.15, -0.1) is 0 Å². The molecule has 0 saturated heterocycles. The fraction of sp³-hybridized carbons (Fsp3) is 0.350. The number of nitrogens with zero attached hydrogens (tertiary/aromatic N) is 1. The minimum atomic E-state index is -4.24. The van der Waals surface area contributed by atoms with Crippen LogP contribution in [0.5, 0.6) is 5.75 Å². The topological polar surface area (TPSA) is 41.6 Å². The second-order valence-corrected chi connectivity index (χ2v) is 6.37. The Morgan fingerprint density at radius 1 is 1.11 bits per heavy atom. The molecule has 2 rings (SSSR count). The molecule has 2 aromatic rings. The molecule has 0 aliphatic rings. The van der Waals surface area contributed by atoms with Crippen LogP contribution in [0.1, 0.15) is 22.3 Å². The van der Waals surface area contributed by atoms with Gasteiger partial charge in [-0.1, -0.05) is 24.3 Å². The average Bonchev–Trinajstić information content (AvgIpc) is 2.63. The van der Waals surface area contributed by atoms with Crippen molar-refractivity contribution < 1.29 is 27.1 Å². The van der Waals surface area contributed by atoms with Crippen LogP contribution in [0.4, 0.5) is 17.6 Å². The molecule has 0 aliphatic carbocycles. The van der Waals surface area contributed by atoms with Gasteiger partial charge in [0.2, 0.25) is 0 Å². The van der Waals surface area contributed by atoms with Gasteiger partial charge in [-0.05, 0) is 49.8 Å². The van der Waals surface area contributed by atoms with Gasteiger partial charge in [0.1, 0.15) is 18.2 Å². The monoisotopic (exact) mass is 398 g/mol. The lowest BCUT2D eigenvalue weighted by Gasteiger charge is -2.18. The lowest BCUT2D eigenvalue weighted by atomic mass is 10.2. The summed E-state index contributed by atoms with van der Waals surface area (Å²) in [5, 5.41) is 2.69. The summed E-state index contributed by atoms with van der Waals surface area (Å²) in [6.07, 6.45) is -3.85. The number of hydrogen-bond donors (Lipinski definition) is 1. The van der Waals surface area contributed by atoms with E-state index in [2.05, 4.69) is 5.32 Å². The molecule has 0 spiro atoms. The van der Waals surface area contributed by atoms with Crippen molar-refractivity contribution >= 4 is 5.91 Å². The van der Waals surface area contributed by atoms with E-state index >= 15 is 0 Å². The predicted molar refractivity (Wildman–Crippen MR) is 97.7 cm³/mol. The highest BCUT2D eigenvalue weighted by Gasteiger charge is 2.28. The third kappa shape index (κ3) is 7.56. The third-order valence-corrected chi connectivity index (χ3v) is 3.89. The van der Waals surface area contributed by atoms with Crippen LogP contribution in [0.15, 0.2) is 48.5 Å². The minimum Gasteiger partial charge on any atom is -0.488 e. The van der Waals surface area contributed by atoms with Crippen molar-refractivity contribution in [3.63, 3.8) is 0 Å². The first-order chi connectivity index (χ1) is 13.2. The van der Waals surface area contributed by atoms with Gasteiger partial charge < -0.3 is 10.1 Å². The van der Waals surface area contributed by atoms with E-state index in [0.717, 1.165) is 10.5 Å². The largest absolute Gasteiger partial charge is 0.488 e. The van der Waals surface area contributed by atoms with Gasteiger partial charge in [0.25, 0.3) is 5.91 Å². The molecule has 0 saturated carbocycles. The predicted octanol–water partition coefficient (Wildman–Crippen LogP) is 4.02. The lowest BCUT2D eigenvalue weighted by molar-refractivity contribution is -0.143. The van der Waals surface area contributed by atoms with Crippen LogP contribution in [0, 0.1) is 5.82 Å². The van der Waals surface area contributed by atoms with E-state index < -0.39 is 12.7 Å². The number of halogens is 4. The molecule has 0 atom stereocenters. The van der Waals surface area contributed by atoms with Gasteiger partial charge in [-0.3, -0.25) is 9.69 Å². The summed E-state index contributed by atoms with van der Waals surface area (Å²) in [5.74, 6) is -0.337. The molecule has 152 valence electrons. The van der Waals surface area contributed by atoms with Gasteiger partial charge in [-0.2, -0.15) is 13.2 Å². The normalized spacial score (nSPS) is 11.5. The summed E-state index contributed by atoms with van der Waals surface area (Å²) in [4.78, 5) is 13.5. The summed E-state index contributed by atoms with van der Waals surface area (Å²) >= 11 is 0. The number of carbonyl (C=O) groups is 1. The van der Waals surface area contributed by atoms with Crippen LogP contribution in [0.25, 0.3) is 0 Å². The molecule has 4 nitrogen and oxygen atoms in total. The van der Waals surface area contributed by atoms with E-state index in [0.29, 0.717) is 17.7 Å². The Bertz CT molecular complexity index is 764. The fourth-order valence-corrected chi connectivity index (χ4v) is 2.55. The molecule has 0 heterocycles. The zero-order valence-corrected chi connectivity index (χ0v) is 15.4. The maximum absolute atomic E-state index is 12.9. The zero-order valence-electron chi connectivity index (χ0n) is 15.4. The van der Waals surface area contributed by atoms with Crippen molar-refractivity contribution in [3.8, 4) is 5.75 Å². The second-order valence-electron chi connectivity index (χ2n) is 6.37. The highest BCUT2D eigenvalue weighted by Crippen LogP contribution is 2.19. The zero-order chi connectivity index (χ0) is 20.6. The summed E-state index contributed by atoms with van der Waals surface area (Å²) in [6, 6.07) is 12.5. The van der Waals surface area contributed by atoms with Gasteiger partial charge in [-0.25, -0.2) is 4.39 Å². The molecule has 0 bridgehead atoms. The Hall–Kier alpha value is -2.61. The van der Waals surface area contributed by atoms with Crippen molar-refractivity contribution in [2.24, 2.45) is 0 Å². The van der Waals surface area contributed by atoms with E-state index in [1.165, 1.54) is 19.2 Å². The van der Waals surface area contributed by atoms with Crippen molar-refractivity contribution in [1.29, 1.82) is 0 Å². The summed E-state index contributed by atoms with van der Waals surface area (Å²) in [5.41, 5.74) is 1.08. The number of rotatable bonds is 9. The smallest absolute Gasteiger partial charge is 0.401 e. The maximum Gasteiger partial charge on any atom is 0.401 e. The Morgan fingerprint density at radius 3 is 2.46 bits per heavy atom. The molecule has 1 amide bonds. The number of benzene rings is 2.